The van der Waals surface area contributed by atoms with Crippen molar-refractivity contribution in [3.8, 4) is 11.3 Å². The Morgan fingerprint density at radius 1 is 1.38 bits per heavy atom. The van der Waals surface area contributed by atoms with Crippen LogP contribution in [0.5, 0.6) is 0 Å². The Hall–Kier alpha value is -1.72. The molecule has 5 heteroatoms. The van der Waals surface area contributed by atoms with Crippen molar-refractivity contribution in [2.24, 2.45) is 0 Å². The smallest absolute Gasteiger partial charge is 0.227 e. The molecule has 1 aliphatic heterocycles. The Bertz CT molecular complexity index is 679. The lowest BCUT2D eigenvalue weighted by atomic mass is 10.0. The lowest BCUT2D eigenvalue weighted by molar-refractivity contribution is -0.134. The van der Waals surface area contributed by atoms with E-state index in [-0.39, 0.29) is 12.0 Å². The monoisotopic (exact) mass is 344 g/mol. The fourth-order valence-corrected chi connectivity index (χ4v) is 3.73. The number of hydrogen-bond acceptors (Lipinski definition) is 4. The first-order chi connectivity index (χ1) is 11.7. The first-order valence-corrected chi connectivity index (χ1v) is 9.44. The van der Waals surface area contributed by atoms with Crippen molar-refractivity contribution in [2.45, 2.75) is 39.2 Å². The molecule has 128 valence electrons. The van der Waals surface area contributed by atoms with Gasteiger partial charge in [-0.2, -0.15) is 0 Å². The molecule has 1 saturated heterocycles. The SMILES string of the molecule is CCO[C@H]1CCCN(C(=O)Cc2ccc(-c3csc(C)n3)cc2)C1. The number of amides is 1. The van der Waals surface area contributed by atoms with Gasteiger partial charge in [0.1, 0.15) is 0 Å². The second-order valence-electron chi connectivity index (χ2n) is 6.18. The van der Waals surface area contributed by atoms with Gasteiger partial charge in [0.25, 0.3) is 0 Å². The van der Waals surface area contributed by atoms with Crippen molar-refractivity contribution in [3.05, 3.63) is 40.2 Å². The van der Waals surface area contributed by atoms with Crippen molar-refractivity contribution in [1.29, 1.82) is 0 Å². The maximum absolute atomic E-state index is 12.5. The van der Waals surface area contributed by atoms with E-state index in [1.165, 1.54) is 0 Å². The molecule has 0 spiro atoms. The molecular weight excluding hydrogens is 320 g/mol. The van der Waals surface area contributed by atoms with Crippen LogP contribution in [0.3, 0.4) is 0 Å². The van der Waals surface area contributed by atoms with E-state index < -0.39 is 0 Å². The lowest BCUT2D eigenvalue weighted by Crippen LogP contribution is -2.43. The minimum atomic E-state index is 0.191. The van der Waals surface area contributed by atoms with Crippen LogP contribution in [-0.4, -0.2) is 41.6 Å². The van der Waals surface area contributed by atoms with Crippen molar-refractivity contribution < 1.29 is 9.53 Å². The largest absolute Gasteiger partial charge is 0.377 e. The van der Waals surface area contributed by atoms with Crippen LogP contribution in [0, 0.1) is 6.92 Å². The van der Waals surface area contributed by atoms with Crippen LogP contribution >= 0.6 is 11.3 Å². The molecule has 0 aliphatic carbocycles. The van der Waals surface area contributed by atoms with Crippen LogP contribution in [0.15, 0.2) is 29.6 Å². The number of carbonyl (C=O) groups is 1. The maximum atomic E-state index is 12.5. The molecule has 1 aromatic carbocycles. The number of likely N-dealkylation sites (tertiary alicyclic amines) is 1. The Kier molecular flexibility index (Phi) is 5.63. The van der Waals surface area contributed by atoms with Gasteiger partial charge in [-0.05, 0) is 32.3 Å². The number of benzene rings is 1. The second kappa shape index (κ2) is 7.90. The Balaban J connectivity index is 1.60. The van der Waals surface area contributed by atoms with Crippen LogP contribution in [0.1, 0.15) is 30.3 Å². The van der Waals surface area contributed by atoms with Gasteiger partial charge in [-0.1, -0.05) is 24.3 Å². The molecule has 2 aromatic rings. The van der Waals surface area contributed by atoms with Gasteiger partial charge in [0.05, 0.1) is 23.2 Å². The highest BCUT2D eigenvalue weighted by atomic mass is 32.1. The van der Waals surface area contributed by atoms with E-state index in [1.807, 2.05) is 30.9 Å². The highest BCUT2D eigenvalue weighted by Gasteiger charge is 2.23. The van der Waals surface area contributed by atoms with Crippen molar-refractivity contribution in [2.75, 3.05) is 19.7 Å². The zero-order chi connectivity index (χ0) is 16.9. The molecule has 0 N–H and O–H groups in total. The van der Waals surface area contributed by atoms with Crippen LogP contribution in [0.2, 0.25) is 0 Å². The van der Waals surface area contributed by atoms with Crippen LogP contribution in [-0.2, 0) is 16.0 Å². The average molecular weight is 344 g/mol. The van der Waals surface area contributed by atoms with Gasteiger partial charge < -0.3 is 9.64 Å². The van der Waals surface area contributed by atoms with Gasteiger partial charge in [-0.3, -0.25) is 4.79 Å². The summed E-state index contributed by atoms with van der Waals surface area (Å²) in [6.07, 6.45) is 2.73. The third-order valence-electron chi connectivity index (χ3n) is 4.36. The van der Waals surface area contributed by atoms with Gasteiger partial charge in [0.2, 0.25) is 5.91 Å². The number of aromatic nitrogens is 1. The molecular formula is C19H24N2O2S. The van der Waals surface area contributed by atoms with Gasteiger partial charge >= 0.3 is 0 Å². The predicted molar refractivity (Wildman–Crippen MR) is 97.2 cm³/mol. The van der Waals surface area contributed by atoms with E-state index >= 15 is 0 Å². The van der Waals surface area contributed by atoms with E-state index in [0.29, 0.717) is 13.0 Å². The Morgan fingerprint density at radius 2 is 2.17 bits per heavy atom. The molecule has 1 aromatic heterocycles. The van der Waals surface area contributed by atoms with Crippen LogP contribution in [0.4, 0.5) is 0 Å². The Morgan fingerprint density at radius 3 is 2.83 bits per heavy atom. The van der Waals surface area contributed by atoms with Gasteiger partial charge in [0, 0.05) is 30.6 Å². The van der Waals surface area contributed by atoms with Crippen LogP contribution in [0.25, 0.3) is 11.3 Å². The molecule has 0 saturated carbocycles. The molecule has 0 bridgehead atoms. The van der Waals surface area contributed by atoms with E-state index in [4.69, 9.17) is 4.74 Å². The summed E-state index contributed by atoms with van der Waals surface area (Å²) in [5, 5.41) is 3.13. The third kappa shape index (κ3) is 4.22. The molecule has 1 fully saturated rings. The fourth-order valence-electron chi connectivity index (χ4n) is 3.11. The van der Waals surface area contributed by atoms with E-state index in [2.05, 4.69) is 22.5 Å². The zero-order valence-corrected chi connectivity index (χ0v) is 15.1. The normalized spacial score (nSPS) is 17.9. The number of hydrogen-bond donors (Lipinski definition) is 0. The van der Waals surface area contributed by atoms with Gasteiger partial charge in [-0.25, -0.2) is 4.98 Å². The highest BCUT2D eigenvalue weighted by molar-refractivity contribution is 7.09. The highest BCUT2D eigenvalue weighted by Crippen LogP contribution is 2.22. The minimum Gasteiger partial charge on any atom is -0.377 e. The molecule has 3 rings (SSSR count). The summed E-state index contributed by atoms with van der Waals surface area (Å²) in [6, 6.07) is 8.17. The summed E-state index contributed by atoms with van der Waals surface area (Å²) in [7, 11) is 0. The van der Waals surface area contributed by atoms with E-state index in [9.17, 15) is 4.79 Å². The zero-order valence-electron chi connectivity index (χ0n) is 14.3. The number of aryl methyl sites for hydroxylation is 1. The standard InChI is InChI=1S/C19H24N2O2S/c1-3-23-17-5-4-10-21(12-17)19(22)11-15-6-8-16(9-7-15)18-13-24-14(2)20-18/h6-9,13,17H,3-5,10-12H2,1-2H3/t17-/m0/s1. The summed E-state index contributed by atoms with van der Waals surface area (Å²) < 4.78 is 5.68. The third-order valence-corrected chi connectivity index (χ3v) is 5.13. The second-order valence-corrected chi connectivity index (χ2v) is 7.25. The number of rotatable bonds is 5. The summed E-state index contributed by atoms with van der Waals surface area (Å²) in [5.74, 6) is 0.191. The van der Waals surface area contributed by atoms with E-state index in [1.54, 1.807) is 11.3 Å². The lowest BCUT2D eigenvalue weighted by Gasteiger charge is -2.32. The predicted octanol–water partition coefficient (Wildman–Crippen LogP) is 3.69. The maximum Gasteiger partial charge on any atom is 0.227 e. The van der Waals surface area contributed by atoms with Crippen molar-refractivity contribution in [3.63, 3.8) is 0 Å². The van der Waals surface area contributed by atoms with Crippen molar-refractivity contribution in [1.82, 2.24) is 9.88 Å². The van der Waals surface area contributed by atoms with Crippen molar-refractivity contribution >= 4 is 17.2 Å². The number of carbonyl (C=O) groups excluding carboxylic acids is 1. The molecule has 0 radical (unpaired) electrons. The Labute approximate surface area is 147 Å². The topological polar surface area (TPSA) is 42.4 Å². The molecule has 0 unspecified atom stereocenters. The van der Waals surface area contributed by atoms with Gasteiger partial charge in [-0.15, -0.1) is 11.3 Å². The first kappa shape index (κ1) is 17.1. The first-order valence-electron chi connectivity index (χ1n) is 8.56. The quantitative estimate of drug-likeness (QED) is 0.831. The fraction of sp³-hybridized carbons (Fsp3) is 0.474. The minimum absolute atomic E-state index is 0.191. The summed E-state index contributed by atoms with van der Waals surface area (Å²) in [6.45, 7) is 6.30. The molecule has 1 amide bonds. The van der Waals surface area contributed by atoms with E-state index in [0.717, 1.165) is 47.8 Å². The van der Waals surface area contributed by atoms with Gasteiger partial charge in [0.15, 0.2) is 0 Å². The molecule has 4 nitrogen and oxygen atoms in total. The number of piperidine rings is 1. The number of thiazole rings is 1. The molecule has 1 aliphatic rings. The molecule has 2 heterocycles. The summed E-state index contributed by atoms with van der Waals surface area (Å²) >= 11 is 1.65. The number of ether oxygens (including phenoxy) is 1. The summed E-state index contributed by atoms with van der Waals surface area (Å²) in [5.41, 5.74) is 3.16. The average Bonchev–Trinajstić information content (AvgIpc) is 3.02. The van der Waals surface area contributed by atoms with Crippen LogP contribution < -0.4 is 0 Å². The number of nitrogens with zero attached hydrogens (tertiary/aromatic N) is 2. The molecule has 1 atom stereocenters. The summed E-state index contributed by atoms with van der Waals surface area (Å²) in [4.78, 5) is 19.0. The molecule has 24 heavy (non-hydrogen) atoms.